The number of halogens is 4. The average Bonchev–Trinajstić information content (AvgIpc) is 3.52. The molecule has 0 unspecified atom stereocenters. The van der Waals surface area contributed by atoms with E-state index >= 15 is 0 Å². The fourth-order valence-electron chi connectivity index (χ4n) is 4.14. The molecule has 0 aliphatic carbocycles. The van der Waals surface area contributed by atoms with Gasteiger partial charge in [-0.3, -0.25) is 4.79 Å². The highest BCUT2D eigenvalue weighted by molar-refractivity contribution is 7.16. The minimum Gasteiger partial charge on any atom is -0.337 e. The van der Waals surface area contributed by atoms with Crippen LogP contribution in [-0.4, -0.2) is 68.1 Å². The van der Waals surface area contributed by atoms with Gasteiger partial charge in [-0.25, -0.2) is 29.3 Å². The minimum absolute atomic E-state index is 0.0474. The molecule has 0 bridgehead atoms. The van der Waals surface area contributed by atoms with Crippen LogP contribution >= 0.6 is 22.7 Å². The molecular weight excluding hydrogens is 556 g/mol. The second-order valence-corrected chi connectivity index (χ2v) is 10.8. The van der Waals surface area contributed by atoms with Gasteiger partial charge in [-0.1, -0.05) is 0 Å². The molecule has 5 rings (SSSR count). The van der Waals surface area contributed by atoms with Crippen molar-refractivity contribution >= 4 is 45.5 Å². The number of rotatable bonds is 6. The molecule has 1 saturated heterocycles. The summed E-state index contributed by atoms with van der Waals surface area (Å²) in [5.41, 5.74) is 1.08. The first kappa shape index (κ1) is 26.9. The maximum atomic E-state index is 13.9. The van der Waals surface area contributed by atoms with E-state index < -0.39 is 30.4 Å². The number of piperazine rings is 1. The van der Waals surface area contributed by atoms with E-state index in [1.165, 1.54) is 22.4 Å². The van der Waals surface area contributed by atoms with Crippen molar-refractivity contribution in [3.8, 4) is 10.6 Å². The molecule has 1 atom stereocenters. The summed E-state index contributed by atoms with van der Waals surface area (Å²) in [6.45, 7) is 3.50. The Bertz CT molecular complexity index is 1460. The van der Waals surface area contributed by atoms with Crippen molar-refractivity contribution in [3.05, 3.63) is 57.9 Å². The SMILES string of the molecule is Cc1nc(C)c(-c2csc(Nc3ccc(C(=O)N4CCN(c5ncc(C(F)(F)F)cn5)C[C@H]4CF)cn3)n2)s1. The average molecular weight is 579 g/mol. The Morgan fingerprint density at radius 2 is 1.87 bits per heavy atom. The monoisotopic (exact) mass is 578 g/mol. The van der Waals surface area contributed by atoms with E-state index in [9.17, 15) is 22.4 Å². The first-order chi connectivity index (χ1) is 18.6. The molecule has 15 heteroatoms. The lowest BCUT2D eigenvalue weighted by atomic mass is 10.1. The van der Waals surface area contributed by atoms with Crippen LogP contribution in [0.5, 0.6) is 0 Å². The number of hydrogen-bond donors (Lipinski definition) is 1. The van der Waals surface area contributed by atoms with Crippen molar-refractivity contribution in [1.29, 1.82) is 0 Å². The lowest BCUT2D eigenvalue weighted by Gasteiger charge is -2.40. The van der Waals surface area contributed by atoms with E-state index in [-0.39, 0.29) is 31.1 Å². The van der Waals surface area contributed by atoms with Gasteiger partial charge in [0.1, 0.15) is 12.5 Å². The van der Waals surface area contributed by atoms with Gasteiger partial charge in [-0.05, 0) is 26.0 Å². The number of nitrogens with one attached hydrogen (secondary N) is 1. The highest BCUT2D eigenvalue weighted by Crippen LogP contribution is 2.33. The van der Waals surface area contributed by atoms with Gasteiger partial charge in [0, 0.05) is 43.6 Å². The number of carbonyl (C=O) groups is 1. The number of nitrogens with zero attached hydrogens (tertiary/aromatic N) is 7. The van der Waals surface area contributed by atoms with E-state index in [1.807, 2.05) is 19.2 Å². The largest absolute Gasteiger partial charge is 0.419 e. The van der Waals surface area contributed by atoms with E-state index in [2.05, 4.69) is 30.2 Å². The molecule has 1 amide bonds. The number of aryl methyl sites for hydroxylation is 2. The molecule has 5 heterocycles. The molecule has 204 valence electrons. The molecule has 4 aromatic rings. The highest BCUT2D eigenvalue weighted by atomic mass is 32.1. The Kier molecular flexibility index (Phi) is 7.44. The fraction of sp³-hybridized carbons (Fsp3) is 0.333. The minimum atomic E-state index is -4.55. The predicted octanol–water partition coefficient (Wildman–Crippen LogP) is 5.13. The van der Waals surface area contributed by atoms with Crippen LogP contribution in [0.3, 0.4) is 0 Å². The van der Waals surface area contributed by atoms with Crippen molar-refractivity contribution in [2.45, 2.75) is 26.1 Å². The number of aromatic nitrogens is 5. The topological polar surface area (TPSA) is 100 Å². The lowest BCUT2D eigenvalue weighted by molar-refractivity contribution is -0.138. The first-order valence-electron chi connectivity index (χ1n) is 11.8. The van der Waals surface area contributed by atoms with Gasteiger partial charge in [-0.15, -0.1) is 22.7 Å². The maximum Gasteiger partial charge on any atom is 0.419 e. The van der Waals surface area contributed by atoms with Crippen LogP contribution in [0.1, 0.15) is 26.6 Å². The van der Waals surface area contributed by atoms with Crippen molar-refractivity contribution in [2.75, 3.05) is 36.5 Å². The predicted molar refractivity (Wildman–Crippen MR) is 140 cm³/mol. The summed E-state index contributed by atoms with van der Waals surface area (Å²) in [7, 11) is 0. The van der Waals surface area contributed by atoms with Crippen LogP contribution in [0.2, 0.25) is 0 Å². The Balaban J connectivity index is 1.22. The number of alkyl halides is 4. The molecule has 0 radical (unpaired) electrons. The van der Waals surface area contributed by atoms with Crippen LogP contribution in [0.25, 0.3) is 10.6 Å². The van der Waals surface area contributed by atoms with Crippen LogP contribution in [0, 0.1) is 13.8 Å². The smallest absolute Gasteiger partial charge is 0.337 e. The van der Waals surface area contributed by atoms with E-state index in [1.54, 1.807) is 28.4 Å². The third kappa shape index (κ3) is 5.83. The molecule has 0 spiro atoms. The summed E-state index contributed by atoms with van der Waals surface area (Å²) in [6, 6.07) is 2.43. The molecule has 0 saturated carbocycles. The van der Waals surface area contributed by atoms with Gasteiger partial charge in [0.15, 0.2) is 5.13 Å². The standard InChI is InChI=1S/C24H22F4N8OS2/c1-13-20(39-14(2)32-13)18-12-38-23(33-18)34-19-4-3-15(8-29-19)21(37)36-6-5-35(11-17(36)7-25)22-30-9-16(10-31-22)24(26,27)28/h3-4,8-10,12,17H,5-7,11H2,1-2H3,(H,29,33,34)/t17-/m1/s1. The number of amides is 1. The summed E-state index contributed by atoms with van der Waals surface area (Å²) in [6.07, 6.45) is -1.75. The first-order valence-corrected chi connectivity index (χ1v) is 13.5. The molecule has 1 N–H and O–H groups in total. The maximum absolute atomic E-state index is 13.9. The third-order valence-electron chi connectivity index (χ3n) is 6.06. The van der Waals surface area contributed by atoms with Crippen molar-refractivity contribution in [1.82, 2.24) is 29.8 Å². The molecular formula is C24H22F4N8OS2. The van der Waals surface area contributed by atoms with E-state index in [0.29, 0.717) is 23.3 Å². The number of thiazole rings is 2. The van der Waals surface area contributed by atoms with E-state index in [0.717, 1.165) is 21.3 Å². The second-order valence-electron chi connectivity index (χ2n) is 8.76. The molecule has 39 heavy (non-hydrogen) atoms. The normalized spacial score (nSPS) is 16.0. The zero-order valence-corrected chi connectivity index (χ0v) is 22.4. The molecule has 9 nitrogen and oxygen atoms in total. The molecule has 1 aliphatic rings. The Labute approximate surface area is 228 Å². The van der Waals surface area contributed by atoms with Crippen molar-refractivity contribution < 1.29 is 22.4 Å². The van der Waals surface area contributed by atoms with Crippen LogP contribution in [0.15, 0.2) is 36.1 Å². The molecule has 1 fully saturated rings. The van der Waals surface area contributed by atoms with Gasteiger partial charge in [0.2, 0.25) is 5.95 Å². The van der Waals surface area contributed by atoms with Gasteiger partial charge >= 0.3 is 6.18 Å². The third-order valence-corrected chi connectivity index (χ3v) is 7.91. The summed E-state index contributed by atoms with van der Waals surface area (Å²) < 4.78 is 52.3. The summed E-state index contributed by atoms with van der Waals surface area (Å²) in [4.78, 5) is 38.0. The van der Waals surface area contributed by atoms with Gasteiger partial charge in [0.25, 0.3) is 5.91 Å². The van der Waals surface area contributed by atoms with Crippen molar-refractivity contribution in [2.24, 2.45) is 0 Å². The van der Waals surface area contributed by atoms with E-state index in [4.69, 9.17) is 0 Å². The summed E-state index contributed by atoms with van der Waals surface area (Å²) in [5, 5.41) is 6.67. The lowest BCUT2D eigenvalue weighted by Crippen LogP contribution is -2.56. The zero-order valence-electron chi connectivity index (χ0n) is 20.7. The summed E-state index contributed by atoms with van der Waals surface area (Å²) in [5.74, 6) is 0.157. The van der Waals surface area contributed by atoms with Crippen molar-refractivity contribution in [3.63, 3.8) is 0 Å². The van der Waals surface area contributed by atoms with Gasteiger partial charge in [0.05, 0.1) is 38.4 Å². The highest BCUT2D eigenvalue weighted by Gasteiger charge is 2.34. The number of hydrogen-bond acceptors (Lipinski definition) is 10. The molecule has 4 aromatic heterocycles. The van der Waals surface area contributed by atoms with Gasteiger partial charge in [-0.2, -0.15) is 13.2 Å². The zero-order chi connectivity index (χ0) is 27.7. The Morgan fingerprint density at radius 1 is 1.10 bits per heavy atom. The molecule has 0 aromatic carbocycles. The van der Waals surface area contributed by atoms with Crippen LogP contribution in [-0.2, 0) is 6.18 Å². The van der Waals surface area contributed by atoms with Gasteiger partial charge < -0.3 is 15.1 Å². The Hall–Kier alpha value is -3.72. The number of carbonyl (C=O) groups excluding carboxylic acids is 1. The van der Waals surface area contributed by atoms with Crippen LogP contribution < -0.4 is 10.2 Å². The number of pyridine rings is 1. The van der Waals surface area contributed by atoms with Crippen LogP contribution in [0.4, 0.5) is 34.5 Å². The fourth-order valence-corrected chi connectivity index (χ4v) is 5.80. The number of anilines is 3. The second kappa shape index (κ2) is 10.8. The molecule has 1 aliphatic heterocycles. The summed E-state index contributed by atoms with van der Waals surface area (Å²) >= 11 is 3.00. The Morgan fingerprint density at radius 3 is 2.49 bits per heavy atom. The quantitative estimate of drug-likeness (QED) is 0.315.